The topological polar surface area (TPSA) is 64.3 Å². The predicted octanol–water partition coefficient (Wildman–Crippen LogP) is 2.57. The molecule has 0 atom stereocenters. The number of benzene rings is 1. The van der Waals surface area contributed by atoms with E-state index in [0.717, 1.165) is 42.9 Å². The van der Waals surface area contributed by atoms with Crippen molar-refractivity contribution in [3.05, 3.63) is 54.4 Å². The van der Waals surface area contributed by atoms with E-state index in [0.29, 0.717) is 5.56 Å². The van der Waals surface area contributed by atoms with Gasteiger partial charge in [-0.3, -0.25) is 4.79 Å². The molecule has 1 aliphatic heterocycles. The van der Waals surface area contributed by atoms with Crippen molar-refractivity contribution in [3.63, 3.8) is 0 Å². The maximum absolute atomic E-state index is 12.5. The third kappa shape index (κ3) is 3.21. The molecule has 0 spiro atoms. The van der Waals surface area contributed by atoms with Crippen molar-refractivity contribution >= 4 is 28.3 Å². The summed E-state index contributed by atoms with van der Waals surface area (Å²) in [5.41, 5.74) is 3.31. The SMILES string of the molecule is CN1CCN(c2ccc(NC(=O)c3c[nH]c4ncccc34)cc2)CC1. The number of carbonyl (C=O) groups excluding carboxylic acids is 1. The minimum atomic E-state index is -0.133. The summed E-state index contributed by atoms with van der Waals surface area (Å²) in [7, 11) is 2.15. The second-order valence-corrected chi connectivity index (χ2v) is 6.39. The molecule has 6 heteroatoms. The van der Waals surface area contributed by atoms with Gasteiger partial charge >= 0.3 is 0 Å². The number of nitrogens with one attached hydrogen (secondary N) is 2. The van der Waals surface area contributed by atoms with Crippen LogP contribution in [0.4, 0.5) is 11.4 Å². The highest BCUT2D eigenvalue weighted by atomic mass is 16.1. The molecular formula is C19H21N5O. The van der Waals surface area contributed by atoms with Crippen LogP contribution in [-0.4, -0.2) is 54.0 Å². The van der Waals surface area contributed by atoms with Crippen molar-refractivity contribution in [1.82, 2.24) is 14.9 Å². The van der Waals surface area contributed by atoms with Gasteiger partial charge in [0.05, 0.1) is 5.56 Å². The van der Waals surface area contributed by atoms with Crippen molar-refractivity contribution < 1.29 is 4.79 Å². The number of aromatic amines is 1. The van der Waals surface area contributed by atoms with Gasteiger partial charge in [0.25, 0.3) is 5.91 Å². The molecule has 1 fully saturated rings. The highest BCUT2D eigenvalue weighted by Crippen LogP contribution is 2.21. The molecule has 1 aliphatic rings. The molecule has 1 saturated heterocycles. The number of nitrogens with zero attached hydrogens (tertiary/aromatic N) is 3. The van der Waals surface area contributed by atoms with Crippen molar-refractivity contribution in [1.29, 1.82) is 0 Å². The van der Waals surface area contributed by atoms with Crippen molar-refractivity contribution in [2.24, 2.45) is 0 Å². The van der Waals surface area contributed by atoms with E-state index in [9.17, 15) is 4.79 Å². The van der Waals surface area contributed by atoms with Gasteiger partial charge in [0, 0.05) is 55.3 Å². The summed E-state index contributed by atoms with van der Waals surface area (Å²) >= 11 is 0. The van der Waals surface area contributed by atoms with Gasteiger partial charge in [-0.05, 0) is 43.4 Å². The maximum atomic E-state index is 12.5. The molecule has 3 aromatic rings. The molecule has 2 aromatic heterocycles. The van der Waals surface area contributed by atoms with Gasteiger partial charge in [-0.25, -0.2) is 4.98 Å². The lowest BCUT2D eigenvalue weighted by molar-refractivity contribution is 0.102. The fraction of sp³-hybridized carbons (Fsp3) is 0.263. The number of fused-ring (bicyclic) bond motifs is 1. The van der Waals surface area contributed by atoms with Gasteiger partial charge in [-0.1, -0.05) is 0 Å². The highest BCUT2D eigenvalue weighted by Gasteiger charge is 2.15. The number of pyridine rings is 1. The zero-order valence-electron chi connectivity index (χ0n) is 14.2. The molecule has 25 heavy (non-hydrogen) atoms. The molecular weight excluding hydrogens is 314 g/mol. The smallest absolute Gasteiger partial charge is 0.257 e. The first-order chi connectivity index (χ1) is 12.2. The van der Waals surface area contributed by atoms with Gasteiger partial charge < -0.3 is 20.1 Å². The largest absolute Gasteiger partial charge is 0.369 e. The summed E-state index contributed by atoms with van der Waals surface area (Å²) in [6.07, 6.45) is 3.41. The Morgan fingerprint density at radius 1 is 1.12 bits per heavy atom. The number of H-pyrrole nitrogens is 1. The summed E-state index contributed by atoms with van der Waals surface area (Å²) in [5.74, 6) is -0.133. The van der Waals surface area contributed by atoms with Gasteiger partial charge in [-0.15, -0.1) is 0 Å². The second-order valence-electron chi connectivity index (χ2n) is 6.39. The Hall–Kier alpha value is -2.86. The van der Waals surface area contributed by atoms with E-state index < -0.39 is 0 Å². The summed E-state index contributed by atoms with van der Waals surface area (Å²) in [6, 6.07) is 11.8. The Morgan fingerprint density at radius 3 is 2.64 bits per heavy atom. The van der Waals surface area contributed by atoms with Crippen LogP contribution in [0.3, 0.4) is 0 Å². The molecule has 0 radical (unpaired) electrons. The number of anilines is 2. The van der Waals surface area contributed by atoms with Gasteiger partial charge in [0.2, 0.25) is 0 Å². The molecule has 0 bridgehead atoms. The Bertz CT molecular complexity index is 878. The quantitative estimate of drug-likeness (QED) is 0.772. The average molecular weight is 335 g/mol. The minimum absolute atomic E-state index is 0.133. The normalized spacial score (nSPS) is 15.5. The third-order valence-corrected chi connectivity index (χ3v) is 4.69. The molecule has 0 aliphatic carbocycles. The Kier molecular flexibility index (Phi) is 4.11. The average Bonchev–Trinajstić information content (AvgIpc) is 3.07. The molecule has 1 amide bonds. The van der Waals surface area contributed by atoms with E-state index in [1.807, 2.05) is 24.3 Å². The van der Waals surface area contributed by atoms with Crippen LogP contribution in [0.25, 0.3) is 11.0 Å². The summed E-state index contributed by atoms with van der Waals surface area (Å²) in [5, 5.41) is 3.79. The fourth-order valence-electron chi connectivity index (χ4n) is 3.16. The number of aromatic nitrogens is 2. The van der Waals surface area contributed by atoms with Gasteiger partial charge in [0.1, 0.15) is 5.65 Å². The number of amides is 1. The van der Waals surface area contributed by atoms with Crippen LogP contribution in [0.1, 0.15) is 10.4 Å². The zero-order valence-corrected chi connectivity index (χ0v) is 14.2. The van der Waals surface area contributed by atoms with Crippen LogP contribution >= 0.6 is 0 Å². The monoisotopic (exact) mass is 335 g/mol. The van der Waals surface area contributed by atoms with Crippen LogP contribution in [-0.2, 0) is 0 Å². The van der Waals surface area contributed by atoms with E-state index in [1.165, 1.54) is 5.69 Å². The molecule has 6 nitrogen and oxygen atoms in total. The Morgan fingerprint density at radius 2 is 1.88 bits per heavy atom. The number of carbonyl (C=O) groups is 1. The Balaban J connectivity index is 1.46. The third-order valence-electron chi connectivity index (χ3n) is 4.69. The predicted molar refractivity (Wildman–Crippen MR) is 100 cm³/mol. The molecule has 2 N–H and O–H groups in total. The lowest BCUT2D eigenvalue weighted by atomic mass is 10.2. The molecule has 4 rings (SSSR count). The van der Waals surface area contributed by atoms with Crippen molar-refractivity contribution in [2.75, 3.05) is 43.4 Å². The zero-order chi connectivity index (χ0) is 17.2. The van der Waals surface area contributed by atoms with Gasteiger partial charge in [-0.2, -0.15) is 0 Å². The first-order valence-electron chi connectivity index (χ1n) is 8.48. The van der Waals surface area contributed by atoms with E-state index in [4.69, 9.17) is 0 Å². The molecule has 1 aromatic carbocycles. The molecule has 0 unspecified atom stereocenters. The van der Waals surface area contributed by atoms with Crippen LogP contribution in [0.5, 0.6) is 0 Å². The second kappa shape index (κ2) is 6.57. The summed E-state index contributed by atoms with van der Waals surface area (Å²) < 4.78 is 0. The van der Waals surface area contributed by atoms with Crippen molar-refractivity contribution in [3.8, 4) is 0 Å². The number of hydrogen-bond acceptors (Lipinski definition) is 4. The molecule has 128 valence electrons. The number of rotatable bonds is 3. The maximum Gasteiger partial charge on any atom is 0.257 e. The Labute approximate surface area is 146 Å². The van der Waals surface area contributed by atoms with E-state index in [1.54, 1.807) is 12.4 Å². The van der Waals surface area contributed by atoms with Gasteiger partial charge in [0.15, 0.2) is 0 Å². The number of hydrogen-bond donors (Lipinski definition) is 2. The van der Waals surface area contributed by atoms with E-state index >= 15 is 0 Å². The highest BCUT2D eigenvalue weighted by molar-refractivity contribution is 6.12. The summed E-state index contributed by atoms with van der Waals surface area (Å²) in [4.78, 5) is 24.5. The first-order valence-corrected chi connectivity index (χ1v) is 8.48. The van der Waals surface area contributed by atoms with E-state index in [-0.39, 0.29) is 5.91 Å². The molecule has 0 saturated carbocycles. The minimum Gasteiger partial charge on any atom is -0.369 e. The van der Waals surface area contributed by atoms with Crippen LogP contribution in [0.15, 0.2) is 48.8 Å². The fourth-order valence-corrected chi connectivity index (χ4v) is 3.16. The van der Waals surface area contributed by atoms with E-state index in [2.05, 4.69) is 44.3 Å². The lowest BCUT2D eigenvalue weighted by Gasteiger charge is -2.34. The van der Waals surface area contributed by atoms with Crippen LogP contribution < -0.4 is 10.2 Å². The number of piperazine rings is 1. The molecule has 3 heterocycles. The first kappa shape index (κ1) is 15.7. The van der Waals surface area contributed by atoms with Crippen molar-refractivity contribution in [2.45, 2.75) is 0 Å². The summed E-state index contributed by atoms with van der Waals surface area (Å²) in [6.45, 7) is 4.22. The van der Waals surface area contributed by atoms with Crippen LogP contribution in [0, 0.1) is 0 Å². The lowest BCUT2D eigenvalue weighted by Crippen LogP contribution is -2.44. The standard InChI is InChI=1S/C19H21N5O/c1-23-9-11-24(12-10-23)15-6-4-14(5-7-15)22-19(25)17-13-21-18-16(17)3-2-8-20-18/h2-8,13H,9-12H2,1H3,(H,20,21)(H,22,25). The number of likely N-dealkylation sites (N-methyl/N-ethyl adjacent to an activating group) is 1. The van der Waals surface area contributed by atoms with Crippen LogP contribution in [0.2, 0.25) is 0 Å².